The Morgan fingerprint density at radius 1 is 0.760 bits per heavy atom. The molecule has 0 saturated carbocycles. The van der Waals surface area contributed by atoms with Crippen LogP contribution in [0.1, 0.15) is 10.4 Å². The van der Waals surface area contributed by atoms with Crippen LogP contribution in [0.3, 0.4) is 0 Å². The molecule has 0 saturated heterocycles. The van der Waals surface area contributed by atoms with Gasteiger partial charge in [-0.3, -0.25) is 19.7 Å². The predicted octanol–water partition coefficient (Wildman–Crippen LogP) is 3.94. The Morgan fingerprint density at radius 2 is 1.60 bits per heavy atom. The molecule has 0 aliphatic carbocycles. The zero-order chi connectivity index (χ0) is 17.1. The fourth-order valence-electron chi connectivity index (χ4n) is 2.59. The summed E-state index contributed by atoms with van der Waals surface area (Å²) in [6.45, 7) is 0. The minimum absolute atomic E-state index is 0.224. The third-order valence-electron chi connectivity index (χ3n) is 3.83. The predicted molar refractivity (Wildman–Crippen MR) is 97.2 cm³/mol. The number of carbonyl (C=O) groups excluding carboxylic acids is 1. The smallest absolute Gasteiger partial charge is 0.257 e. The molecule has 5 heteroatoms. The highest BCUT2D eigenvalue weighted by atomic mass is 16.1. The second kappa shape index (κ2) is 6.49. The molecule has 5 nitrogen and oxygen atoms in total. The fourth-order valence-corrected chi connectivity index (χ4v) is 2.59. The van der Waals surface area contributed by atoms with E-state index in [0.29, 0.717) is 11.3 Å². The van der Waals surface area contributed by atoms with Gasteiger partial charge in [-0.1, -0.05) is 24.3 Å². The molecule has 0 radical (unpaired) electrons. The zero-order valence-electron chi connectivity index (χ0n) is 13.3. The van der Waals surface area contributed by atoms with Crippen LogP contribution < -0.4 is 5.32 Å². The lowest BCUT2D eigenvalue weighted by molar-refractivity contribution is 0.102. The molecule has 0 atom stereocenters. The van der Waals surface area contributed by atoms with E-state index in [2.05, 4.69) is 20.3 Å². The molecule has 0 unspecified atom stereocenters. The van der Waals surface area contributed by atoms with Gasteiger partial charge in [0, 0.05) is 24.0 Å². The average molecular weight is 326 g/mol. The molecular weight excluding hydrogens is 312 g/mol. The maximum absolute atomic E-state index is 12.5. The number of rotatable bonds is 3. The molecule has 3 aromatic heterocycles. The van der Waals surface area contributed by atoms with Gasteiger partial charge in [0.1, 0.15) is 0 Å². The first-order chi connectivity index (χ1) is 12.3. The molecule has 0 spiro atoms. The molecule has 0 fully saturated rings. The Hall–Kier alpha value is -3.60. The number of benzene rings is 1. The normalized spacial score (nSPS) is 10.6. The van der Waals surface area contributed by atoms with E-state index in [4.69, 9.17) is 0 Å². The zero-order valence-corrected chi connectivity index (χ0v) is 13.3. The SMILES string of the molecule is O=C(Nc1cccc2cccnc12)c1ccc(-c2ccccn2)nc1. The summed E-state index contributed by atoms with van der Waals surface area (Å²) in [5, 5.41) is 3.88. The molecule has 1 aromatic carbocycles. The number of fused-ring (bicyclic) bond motifs is 1. The number of para-hydroxylation sites is 1. The highest BCUT2D eigenvalue weighted by molar-refractivity contribution is 6.08. The highest BCUT2D eigenvalue weighted by Crippen LogP contribution is 2.21. The van der Waals surface area contributed by atoms with Crippen molar-refractivity contribution in [3.05, 3.63) is 84.8 Å². The van der Waals surface area contributed by atoms with Gasteiger partial charge in [-0.05, 0) is 36.4 Å². The van der Waals surface area contributed by atoms with Crippen LogP contribution in [0.5, 0.6) is 0 Å². The number of aromatic nitrogens is 3. The van der Waals surface area contributed by atoms with Crippen molar-refractivity contribution in [3.63, 3.8) is 0 Å². The van der Waals surface area contributed by atoms with Crippen LogP contribution >= 0.6 is 0 Å². The number of hydrogen-bond acceptors (Lipinski definition) is 4. The van der Waals surface area contributed by atoms with Gasteiger partial charge in [-0.25, -0.2) is 0 Å². The molecule has 0 aliphatic heterocycles. The van der Waals surface area contributed by atoms with E-state index in [1.807, 2.05) is 48.5 Å². The first-order valence-corrected chi connectivity index (χ1v) is 7.84. The molecule has 1 amide bonds. The Morgan fingerprint density at radius 3 is 2.40 bits per heavy atom. The highest BCUT2D eigenvalue weighted by Gasteiger charge is 2.10. The summed E-state index contributed by atoms with van der Waals surface area (Å²) in [4.78, 5) is 25.4. The van der Waals surface area contributed by atoms with Crippen molar-refractivity contribution in [3.8, 4) is 11.4 Å². The monoisotopic (exact) mass is 326 g/mol. The lowest BCUT2D eigenvalue weighted by atomic mass is 10.1. The van der Waals surface area contributed by atoms with Crippen molar-refractivity contribution in [1.82, 2.24) is 15.0 Å². The average Bonchev–Trinajstić information content (AvgIpc) is 2.69. The summed E-state index contributed by atoms with van der Waals surface area (Å²) in [5.41, 5.74) is 3.41. The first-order valence-electron chi connectivity index (χ1n) is 7.84. The van der Waals surface area contributed by atoms with E-state index < -0.39 is 0 Å². The summed E-state index contributed by atoms with van der Waals surface area (Å²) in [7, 11) is 0. The second-order valence-corrected chi connectivity index (χ2v) is 5.48. The van der Waals surface area contributed by atoms with E-state index in [1.165, 1.54) is 0 Å². The lowest BCUT2D eigenvalue weighted by Gasteiger charge is -2.08. The number of amides is 1. The van der Waals surface area contributed by atoms with Gasteiger partial charge in [0.2, 0.25) is 0 Å². The van der Waals surface area contributed by atoms with Gasteiger partial charge in [0.25, 0.3) is 5.91 Å². The van der Waals surface area contributed by atoms with E-state index in [-0.39, 0.29) is 5.91 Å². The second-order valence-electron chi connectivity index (χ2n) is 5.48. The topological polar surface area (TPSA) is 67.8 Å². The minimum Gasteiger partial charge on any atom is -0.320 e. The fraction of sp³-hybridized carbons (Fsp3) is 0. The van der Waals surface area contributed by atoms with Crippen molar-refractivity contribution in [2.45, 2.75) is 0 Å². The number of carbonyl (C=O) groups is 1. The number of anilines is 1. The Balaban J connectivity index is 1.59. The molecule has 0 bridgehead atoms. The molecule has 25 heavy (non-hydrogen) atoms. The molecule has 4 rings (SSSR count). The van der Waals surface area contributed by atoms with Crippen LogP contribution in [0, 0.1) is 0 Å². The van der Waals surface area contributed by atoms with Crippen molar-refractivity contribution in [1.29, 1.82) is 0 Å². The standard InChI is InChI=1S/C20H14N4O/c25-20(24-18-8-3-5-14-6-4-12-22-19(14)18)15-9-10-17(23-13-15)16-7-1-2-11-21-16/h1-13H,(H,24,25). The van der Waals surface area contributed by atoms with Gasteiger partial charge in [0.15, 0.2) is 0 Å². The van der Waals surface area contributed by atoms with Crippen LogP contribution in [0.4, 0.5) is 5.69 Å². The molecule has 1 N–H and O–H groups in total. The minimum atomic E-state index is -0.224. The molecule has 3 heterocycles. The van der Waals surface area contributed by atoms with Crippen molar-refractivity contribution >= 4 is 22.5 Å². The van der Waals surface area contributed by atoms with E-state index >= 15 is 0 Å². The van der Waals surface area contributed by atoms with Crippen LogP contribution in [-0.4, -0.2) is 20.9 Å². The van der Waals surface area contributed by atoms with E-state index in [9.17, 15) is 4.79 Å². The Labute approximate surface area is 144 Å². The van der Waals surface area contributed by atoms with Crippen LogP contribution in [0.25, 0.3) is 22.3 Å². The van der Waals surface area contributed by atoms with Crippen molar-refractivity contribution in [2.75, 3.05) is 5.32 Å². The first kappa shape index (κ1) is 15.0. The summed E-state index contributed by atoms with van der Waals surface area (Å²) < 4.78 is 0. The van der Waals surface area contributed by atoms with Crippen LogP contribution in [0.2, 0.25) is 0 Å². The number of hydrogen-bond donors (Lipinski definition) is 1. The summed E-state index contributed by atoms with van der Waals surface area (Å²) in [6.07, 6.45) is 4.98. The number of nitrogens with zero attached hydrogens (tertiary/aromatic N) is 3. The Kier molecular flexibility index (Phi) is 3.88. The molecule has 120 valence electrons. The molecule has 0 aliphatic rings. The summed E-state index contributed by atoms with van der Waals surface area (Å²) >= 11 is 0. The van der Waals surface area contributed by atoms with Gasteiger partial charge in [-0.2, -0.15) is 0 Å². The maximum Gasteiger partial charge on any atom is 0.257 e. The lowest BCUT2D eigenvalue weighted by Crippen LogP contribution is -2.12. The van der Waals surface area contributed by atoms with Crippen molar-refractivity contribution in [2.24, 2.45) is 0 Å². The third kappa shape index (κ3) is 3.07. The quantitative estimate of drug-likeness (QED) is 0.619. The van der Waals surface area contributed by atoms with Gasteiger partial charge < -0.3 is 5.32 Å². The Bertz CT molecular complexity index is 1020. The van der Waals surface area contributed by atoms with Crippen LogP contribution in [-0.2, 0) is 0 Å². The number of nitrogens with one attached hydrogen (secondary N) is 1. The van der Waals surface area contributed by atoms with E-state index in [1.54, 1.807) is 30.7 Å². The third-order valence-corrected chi connectivity index (χ3v) is 3.83. The van der Waals surface area contributed by atoms with E-state index in [0.717, 1.165) is 22.3 Å². The van der Waals surface area contributed by atoms with Gasteiger partial charge >= 0.3 is 0 Å². The summed E-state index contributed by atoms with van der Waals surface area (Å²) in [6, 6.07) is 18.7. The van der Waals surface area contributed by atoms with Crippen LogP contribution in [0.15, 0.2) is 79.3 Å². The molecular formula is C20H14N4O. The molecule has 4 aromatic rings. The van der Waals surface area contributed by atoms with Gasteiger partial charge in [0.05, 0.1) is 28.2 Å². The van der Waals surface area contributed by atoms with Crippen molar-refractivity contribution < 1.29 is 4.79 Å². The largest absolute Gasteiger partial charge is 0.320 e. The maximum atomic E-state index is 12.5. The summed E-state index contributed by atoms with van der Waals surface area (Å²) in [5.74, 6) is -0.224. The number of pyridine rings is 3. The van der Waals surface area contributed by atoms with Gasteiger partial charge in [-0.15, -0.1) is 0 Å².